The number of ketones is 1. The highest BCUT2D eigenvalue weighted by Crippen LogP contribution is 2.21. The molecule has 1 aromatic heterocycles. The van der Waals surface area contributed by atoms with E-state index in [4.69, 9.17) is 15.2 Å². The SMILES string of the molecule is Cc1cccc(COc2ccccc2C(=O)OCC(=O)c2c(N)n(C)c(=O)n(C)c2=O)c1. The topological polar surface area (TPSA) is 123 Å². The van der Waals surface area contributed by atoms with Crippen LogP contribution in [0.1, 0.15) is 31.8 Å². The lowest BCUT2D eigenvalue weighted by atomic mass is 10.1. The molecule has 0 bridgehead atoms. The molecular formula is C23H23N3O6. The molecule has 2 aromatic carbocycles. The molecule has 0 amide bonds. The van der Waals surface area contributed by atoms with Gasteiger partial charge in [0.15, 0.2) is 6.61 Å². The van der Waals surface area contributed by atoms with Crippen LogP contribution in [0.25, 0.3) is 0 Å². The van der Waals surface area contributed by atoms with Crippen molar-refractivity contribution in [1.29, 1.82) is 0 Å². The molecule has 0 fully saturated rings. The molecule has 0 aliphatic heterocycles. The van der Waals surface area contributed by atoms with Crippen molar-refractivity contribution in [3.8, 4) is 5.75 Å². The molecule has 166 valence electrons. The minimum atomic E-state index is -0.853. The van der Waals surface area contributed by atoms with Gasteiger partial charge in [-0.2, -0.15) is 0 Å². The van der Waals surface area contributed by atoms with Crippen LogP contribution in [-0.2, 0) is 25.4 Å². The van der Waals surface area contributed by atoms with E-state index in [-0.39, 0.29) is 18.0 Å². The molecule has 0 saturated carbocycles. The first kappa shape index (κ1) is 22.5. The highest BCUT2D eigenvalue weighted by Gasteiger charge is 2.22. The van der Waals surface area contributed by atoms with E-state index >= 15 is 0 Å². The van der Waals surface area contributed by atoms with Crippen LogP contribution in [0.3, 0.4) is 0 Å². The molecule has 0 unspecified atom stereocenters. The Hall–Kier alpha value is -4.14. The number of para-hydroxylation sites is 1. The third kappa shape index (κ3) is 4.61. The van der Waals surface area contributed by atoms with E-state index in [0.29, 0.717) is 5.75 Å². The van der Waals surface area contributed by atoms with Crippen molar-refractivity contribution in [2.24, 2.45) is 14.1 Å². The van der Waals surface area contributed by atoms with Crippen LogP contribution < -0.4 is 21.7 Å². The summed E-state index contributed by atoms with van der Waals surface area (Å²) in [6.07, 6.45) is 0. The van der Waals surface area contributed by atoms with Crippen LogP contribution >= 0.6 is 0 Å². The number of Topliss-reactive ketones (excluding diaryl/α,β-unsaturated/α-hetero) is 1. The molecule has 9 nitrogen and oxygen atoms in total. The monoisotopic (exact) mass is 437 g/mol. The number of ether oxygens (including phenoxy) is 2. The number of carbonyl (C=O) groups is 2. The molecule has 9 heteroatoms. The standard InChI is InChI=1S/C23H23N3O6/c1-14-7-6-8-15(11-14)12-31-18-10-5-4-9-16(18)22(29)32-13-17(27)19-20(24)25(2)23(30)26(3)21(19)28/h4-11H,12-13,24H2,1-3H3. The van der Waals surface area contributed by atoms with Crippen molar-refractivity contribution in [1.82, 2.24) is 9.13 Å². The van der Waals surface area contributed by atoms with Crippen molar-refractivity contribution in [2.45, 2.75) is 13.5 Å². The first-order valence-electron chi connectivity index (χ1n) is 9.74. The average Bonchev–Trinajstić information content (AvgIpc) is 2.79. The fourth-order valence-corrected chi connectivity index (χ4v) is 3.13. The fourth-order valence-electron chi connectivity index (χ4n) is 3.13. The van der Waals surface area contributed by atoms with Crippen molar-refractivity contribution < 1.29 is 19.1 Å². The van der Waals surface area contributed by atoms with E-state index in [1.54, 1.807) is 18.2 Å². The molecular weight excluding hydrogens is 414 g/mol. The lowest BCUT2D eigenvalue weighted by Gasteiger charge is -2.13. The Labute approximate surface area is 183 Å². The molecule has 3 rings (SSSR count). The summed E-state index contributed by atoms with van der Waals surface area (Å²) in [5, 5.41) is 0. The molecule has 3 aromatic rings. The predicted molar refractivity (Wildman–Crippen MR) is 118 cm³/mol. The summed E-state index contributed by atoms with van der Waals surface area (Å²) < 4.78 is 12.6. The minimum Gasteiger partial charge on any atom is -0.488 e. The molecule has 2 N–H and O–H groups in total. The number of rotatable bonds is 7. The average molecular weight is 437 g/mol. The van der Waals surface area contributed by atoms with Crippen LogP contribution in [0.15, 0.2) is 58.1 Å². The Morgan fingerprint density at radius 2 is 1.72 bits per heavy atom. The van der Waals surface area contributed by atoms with Gasteiger partial charge in [0.2, 0.25) is 5.78 Å². The lowest BCUT2D eigenvalue weighted by Crippen LogP contribution is -2.42. The first-order chi connectivity index (χ1) is 15.2. The highest BCUT2D eigenvalue weighted by molar-refractivity contribution is 6.02. The number of nitrogen functional groups attached to an aromatic ring is 1. The van der Waals surface area contributed by atoms with Gasteiger partial charge in [0.25, 0.3) is 5.56 Å². The van der Waals surface area contributed by atoms with Crippen LogP contribution in [0.5, 0.6) is 5.75 Å². The van der Waals surface area contributed by atoms with Gasteiger partial charge in [-0.05, 0) is 24.6 Å². The van der Waals surface area contributed by atoms with Gasteiger partial charge in [0.05, 0.1) is 0 Å². The third-order valence-corrected chi connectivity index (χ3v) is 4.91. The Balaban J connectivity index is 1.74. The Kier molecular flexibility index (Phi) is 6.58. The quantitative estimate of drug-likeness (QED) is 0.440. The van der Waals surface area contributed by atoms with E-state index in [1.165, 1.54) is 20.2 Å². The van der Waals surface area contributed by atoms with Crippen LogP contribution in [0.4, 0.5) is 5.82 Å². The first-order valence-corrected chi connectivity index (χ1v) is 9.74. The summed E-state index contributed by atoms with van der Waals surface area (Å²) in [7, 11) is 2.57. The second-order valence-corrected chi connectivity index (χ2v) is 7.24. The number of nitrogens with two attached hydrogens (primary N) is 1. The predicted octanol–water partition coefficient (Wildman–Crippen LogP) is 1.59. The van der Waals surface area contributed by atoms with Crippen molar-refractivity contribution in [3.05, 3.63) is 91.6 Å². The van der Waals surface area contributed by atoms with E-state index in [0.717, 1.165) is 20.3 Å². The molecule has 0 aliphatic carbocycles. The maximum atomic E-state index is 12.6. The van der Waals surface area contributed by atoms with Crippen LogP contribution in [-0.4, -0.2) is 27.5 Å². The zero-order chi connectivity index (χ0) is 23.4. The third-order valence-electron chi connectivity index (χ3n) is 4.91. The number of carbonyl (C=O) groups excluding carboxylic acids is 2. The second kappa shape index (κ2) is 9.34. The molecule has 1 heterocycles. The summed E-state index contributed by atoms with van der Waals surface area (Å²) in [6.45, 7) is 1.49. The van der Waals surface area contributed by atoms with E-state index < -0.39 is 35.2 Å². The number of anilines is 1. The molecule has 0 aliphatic rings. The summed E-state index contributed by atoms with van der Waals surface area (Å²) in [4.78, 5) is 49.3. The van der Waals surface area contributed by atoms with Gasteiger partial charge in [0, 0.05) is 14.1 Å². The number of benzene rings is 2. The van der Waals surface area contributed by atoms with Gasteiger partial charge in [0.1, 0.15) is 29.3 Å². The minimum absolute atomic E-state index is 0.134. The number of aromatic nitrogens is 2. The molecule has 0 radical (unpaired) electrons. The smallest absolute Gasteiger partial charge is 0.342 e. The van der Waals surface area contributed by atoms with Gasteiger partial charge in [-0.1, -0.05) is 42.0 Å². The largest absolute Gasteiger partial charge is 0.488 e. The lowest BCUT2D eigenvalue weighted by molar-refractivity contribution is 0.0469. The molecule has 0 saturated heterocycles. The Bertz CT molecular complexity index is 1310. The van der Waals surface area contributed by atoms with Crippen LogP contribution in [0, 0.1) is 6.92 Å². The van der Waals surface area contributed by atoms with Gasteiger partial charge < -0.3 is 15.2 Å². The zero-order valence-electron chi connectivity index (χ0n) is 18.0. The van der Waals surface area contributed by atoms with Gasteiger partial charge >= 0.3 is 11.7 Å². The van der Waals surface area contributed by atoms with Gasteiger partial charge in [-0.25, -0.2) is 9.59 Å². The summed E-state index contributed by atoms with van der Waals surface area (Å²) in [5.41, 5.74) is 5.99. The van der Waals surface area contributed by atoms with Crippen LogP contribution in [0.2, 0.25) is 0 Å². The van der Waals surface area contributed by atoms with E-state index in [9.17, 15) is 19.2 Å². The number of nitrogens with zero attached hydrogens (tertiary/aromatic N) is 2. The fraction of sp³-hybridized carbons (Fsp3) is 0.217. The molecule has 0 atom stereocenters. The van der Waals surface area contributed by atoms with Crippen molar-refractivity contribution >= 4 is 17.6 Å². The maximum absolute atomic E-state index is 12.6. The van der Waals surface area contributed by atoms with Crippen molar-refractivity contribution in [3.63, 3.8) is 0 Å². The summed E-state index contributed by atoms with van der Waals surface area (Å²) in [6, 6.07) is 14.2. The maximum Gasteiger partial charge on any atom is 0.342 e. The molecule has 0 spiro atoms. The molecule has 32 heavy (non-hydrogen) atoms. The summed E-state index contributed by atoms with van der Waals surface area (Å²) >= 11 is 0. The van der Waals surface area contributed by atoms with Gasteiger partial charge in [-0.15, -0.1) is 0 Å². The highest BCUT2D eigenvalue weighted by atomic mass is 16.5. The number of esters is 1. The second-order valence-electron chi connectivity index (χ2n) is 7.24. The summed E-state index contributed by atoms with van der Waals surface area (Å²) in [5.74, 6) is -1.60. The zero-order valence-corrected chi connectivity index (χ0v) is 18.0. The van der Waals surface area contributed by atoms with E-state index in [1.807, 2.05) is 31.2 Å². The normalized spacial score (nSPS) is 10.6. The van der Waals surface area contributed by atoms with Crippen molar-refractivity contribution in [2.75, 3.05) is 12.3 Å². The number of hydrogen-bond donors (Lipinski definition) is 1. The number of hydrogen-bond acceptors (Lipinski definition) is 7. The Morgan fingerprint density at radius 3 is 2.44 bits per heavy atom. The Morgan fingerprint density at radius 1 is 1.00 bits per heavy atom. The number of aryl methyl sites for hydroxylation is 1. The van der Waals surface area contributed by atoms with Gasteiger partial charge in [-0.3, -0.25) is 18.7 Å². The van der Waals surface area contributed by atoms with E-state index in [2.05, 4.69) is 0 Å².